The van der Waals surface area contributed by atoms with Gasteiger partial charge < -0.3 is 5.32 Å². The maximum absolute atomic E-state index is 12.4. The highest BCUT2D eigenvalue weighted by atomic mass is 79.9. The lowest BCUT2D eigenvalue weighted by Crippen LogP contribution is -2.17. The molecule has 2 heterocycles. The van der Waals surface area contributed by atoms with Gasteiger partial charge in [-0.3, -0.25) is 9.40 Å². The molecule has 0 aliphatic carbocycles. The summed E-state index contributed by atoms with van der Waals surface area (Å²) in [5, 5.41) is 6.86. The van der Waals surface area contributed by atoms with E-state index in [0.717, 1.165) is 5.69 Å². The lowest BCUT2D eigenvalue weighted by atomic mass is 10.4. The smallest absolute Gasteiger partial charge is 0.266 e. The van der Waals surface area contributed by atoms with Crippen molar-refractivity contribution in [2.75, 3.05) is 17.1 Å². The fourth-order valence-corrected chi connectivity index (χ4v) is 3.46. The van der Waals surface area contributed by atoms with E-state index in [-0.39, 0.29) is 10.7 Å². The van der Waals surface area contributed by atoms with Crippen molar-refractivity contribution in [2.24, 2.45) is 7.05 Å². The molecule has 0 bridgehead atoms. The van der Waals surface area contributed by atoms with E-state index < -0.39 is 10.0 Å². The predicted molar refractivity (Wildman–Crippen MR) is 80.2 cm³/mol. The Morgan fingerprint density at radius 2 is 2.05 bits per heavy atom. The van der Waals surface area contributed by atoms with E-state index >= 15 is 0 Å². The Hall–Kier alpha value is -1.61. The second-order valence-corrected chi connectivity index (χ2v) is 6.72. The van der Waals surface area contributed by atoms with Crippen molar-refractivity contribution in [1.82, 2.24) is 14.8 Å². The first-order valence-electron chi connectivity index (χ1n) is 5.70. The molecule has 2 N–H and O–H groups in total. The maximum Gasteiger partial charge on any atom is 0.266 e. The van der Waals surface area contributed by atoms with Gasteiger partial charge in [-0.15, -0.1) is 0 Å². The lowest BCUT2D eigenvalue weighted by molar-refractivity contribution is 0.600. The van der Waals surface area contributed by atoms with Crippen LogP contribution in [0.2, 0.25) is 0 Å². The fourth-order valence-electron chi connectivity index (χ4n) is 1.71. The highest BCUT2D eigenvalue weighted by molar-refractivity contribution is 9.10. The SMILES string of the molecule is CNc1ncc(Br)cc1S(=O)(=O)Nc1cc(C)nn1C. The van der Waals surface area contributed by atoms with Crippen LogP contribution in [-0.4, -0.2) is 30.2 Å². The molecule has 0 saturated carbocycles. The number of pyridine rings is 1. The number of nitrogens with zero attached hydrogens (tertiary/aromatic N) is 3. The number of aryl methyl sites for hydroxylation is 2. The molecule has 0 amide bonds. The standard InChI is InChI=1S/C11H14BrN5O2S/c1-7-4-10(17(3)15-7)16-20(18,19)9-5-8(12)6-14-11(9)13-2/h4-6,16H,1-3H3,(H,13,14). The molecule has 0 aliphatic heterocycles. The Kier molecular flexibility index (Phi) is 4.00. The van der Waals surface area contributed by atoms with Crippen LogP contribution in [0.15, 0.2) is 27.7 Å². The molecule has 0 unspecified atom stereocenters. The molecular weight excluding hydrogens is 346 g/mol. The van der Waals surface area contributed by atoms with E-state index in [4.69, 9.17) is 0 Å². The highest BCUT2D eigenvalue weighted by Gasteiger charge is 2.21. The molecular formula is C11H14BrN5O2S. The Morgan fingerprint density at radius 3 is 2.60 bits per heavy atom. The topological polar surface area (TPSA) is 88.9 Å². The molecule has 2 aromatic heterocycles. The van der Waals surface area contributed by atoms with Crippen molar-refractivity contribution in [1.29, 1.82) is 0 Å². The number of nitrogens with one attached hydrogen (secondary N) is 2. The quantitative estimate of drug-likeness (QED) is 0.867. The zero-order valence-corrected chi connectivity index (χ0v) is 13.6. The van der Waals surface area contributed by atoms with E-state index in [1.165, 1.54) is 16.9 Å². The van der Waals surface area contributed by atoms with Crippen LogP contribution in [0.1, 0.15) is 5.69 Å². The molecule has 0 radical (unpaired) electrons. The Balaban J connectivity index is 2.45. The minimum atomic E-state index is -3.75. The molecule has 108 valence electrons. The average molecular weight is 360 g/mol. The molecule has 7 nitrogen and oxygen atoms in total. The third-order valence-corrected chi connectivity index (χ3v) is 4.39. The van der Waals surface area contributed by atoms with Crippen molar-refractivity contribution < 1.29 is 8.42 Å². The zero-order chi connectivity index (χ0) is 14.9. The van der Waals surface area contributed by atoms with Gasteiger partial charge in [0, 0.05) is 30.8 Å². The Bertz CT molecular complexity index is 741. The normalized spacial score (nSPS) is 11.4. The van der Waals surface area contributed by atoms with Crippen LogP contribution < -0.4 is 10.0 Å². The van der Waals surface area contributed by atoms with Gasteiger partial charge in [-0.25, -0.2) is 13.4 Å². The van der Waals surface area contributed by atoms with Crippen LogP contribution in [0, 0.1) is 6.92 Å². The first-order valence-corrected chi connectivity index (χ1v) is 7.98. The molecule has 0 aliphatic rings. The van der Waals surface area contributed by atoms with Crippen molar-refractivity contribution in [2.45, 2.75) is 11.8 Å². The number of anilines is 2. The van der Waals surface area contributed by atoms with E-state index in [1.807, 2.05) is 0 Å². The van der Waals surface area contributed by atoms with Gasteiger partial charge in [-0.05, 0) is 28.9 Å². The minimum absolute atomic E-state index is 0.0632. The second kappa shape index (κ2) is 5.41. The molecule has 0 atom stereocenters. The van der Waals surface area contributed by atoms with Crippen molar-refractivity contribution >= 4 is 37.6 Å². The zero-order valence-electron chi connectivity index (χ0n) is 11.2. The molecule has 9 heteroatoms. The number of rotatable bonds is 4. The third-order valence-electron chi connectivity index (χ3n) is 2.59. The average Bonchev–Trinajstić information content (AvgIpc) is 2.67. The summed E-state index contributed by atoms with van der Waals surface area (Å²) in [5.74, 6) is 0.670. The molecule has 2 aromatic rings. The summed E-state index contributed by atoms with van der Waals surface area (Å²) in [5.41, 5.74) is 0.728. The monoisotopic (exact) mass is 359 g/mol. The molecule has 0 aromatic carbocycles. The van der Waals surface area contributed by atoms with Crippen LogP contribution in [0.5, 0.6) is 0 Å². The molecule has 0 fully saturated rings. The summed E-state index contributed by atoms with van der Waals surface area (Å²) in [4.78, 5) is 4.10. The fraction of sp³-hybridized carbons (Fsp3) is 0.273. The predicted octanol–water partition coefficient (Wildman–Crippen LogP) is 1.73. The maximum atomic E-state index is 12.4. The first kappa shape index (κ1) is 14.8. The number of halogens is 1. The van der Waals surface area contributed by atoms with Crippen LogP contribution in [0.25, 0.3) is 0 Å². The van der Waals surface area contributed by atoms with Gasteiger partial charge in [0.15, 0.2) is 0 Å². The lowest BCUT2D eigenvalue weighted by Gasteiger charge is -2.11. The first-order chi connectivity index (χ1) is 9.33. The van der Waals surface area contributed by atoms with Gasteiger partial charge in [0.1, 0.15) is 16.5 Å². The number of hydrogen-bond donors (Lipinski definition) is 2. The van der Waals surface area contributed by atoms with Crippen LogP contribution in [0.4, 0.5) is 11.6 Å². The summed E-state index contributed by atoms with van der Waals surface area (Å²) >= 11 is 3.22. The molecule has 20 heavy (non-hydrogen) atoms. The van der Waals surface area contributed by atoms with Crippen LogP contribution in [-0.2, 0) is 17.1 Å². The van der Waals surface area contributed by atoms with E-state index in [9.17, 15) is 8.42 Å². The van der Waals surface area contributed by atoms with Crippen molar-refractivity contribution in [3.63, 3.8) is 0 Å². The van der Waals surface area contributed by atoms with Gasteiger partial charge in [0.05, 0.1) is 5.69 Å². The number of sulfonamides is 1. The summed E-state index contributed by atoms with van der Waals surface area (Å²) in [6.45, 7) is 1.79. The third kappa shape index (κ3) is 2.93. The second-order valence-electron chi connectivity index (χ2n) is 4.15. The van der Waals surface area contributed by atoms with Gasteiger partial charge in [0.2, 0.25) is 0 Å². The number of aromatic nitrogens is 3. The summed E-state index contributed by atoms with van der Waals surface area (Å²) in [6.07, 6.45) is 1.53. The Labute approximate surface area is 125 Å². The summed E-state index contributed by atoms with van der Waals surface area (Å²) < 4.78 is 29.4. The van der Waals surface area contributed by atoms with Crippen LogP contribution >= 0.6 is 15.9 Å². The Morgan fingerprint density at radius 1 is 1.35 bits per heavy atom. The number of hydrogen-bond acceptors (Lipinski definition) is 5. The van der Waals surface area contributed by atoms with Gasteiger partial charge in [-0.1, -0.05) is 0 Å². The summed E-state index contributed by atoms with van der Waals surface area (Å²) in [7, 11) is -0.469. The minimum Gasteiger partial charge on any atom is -0.372 e. The van der Waals surface area contributed by atoms with Crippen LogP contribution in [0.3, 0.4) is 0 Å². The highest BCUT2D eigenvalue weighted by Crippen LogP contribution is 2.24. The van der Waals surface area contributed by atoms with Crippen molar-refractivity contribution in [3.8, 4) is 0 Å². The van der Waals surface area contributed by atoms with E-state index in [2.05, 4.69) is 36.1 Å². The molecule has 0 spiro atoms. The van der Waals surface area contributed by atoms with Gasteiger partial charge in [-0.2, -0.15) is 5.10 Å². The van der Waals surface area contributed by atoms with Gasteiger partial charge >= 0.3 is 0 Å². The summed E-state index contributed by atoms with van der Waals surface area (Å²) in [6, 6.07) is 3.15. The largest absolute Gasteiger partial charge is 0.372 e. The molecule has 2 rings (SSSR count). The van der Waals surface area contributed by atoms with Gasteiger partial charge in [0.25, 0.3) is 10.0 Å². The molecule has 0 saturated heterocycles. The van der Waals surface area contributed by atoms with Crippen molar-refractivity contribution in [3.05, 3.63) is 28.5 Å². The van der Waals surface area contributed by atoms with E-state index in [0.29, 0.717) is 10.3 Å². The van der Waals surface area contributed by atoms with E-state index in [1.54, 1.807) is 27.1 Å².